The number of allylic oxidation sites excluding steroid dienone is 2. The Morgan fingerprint density at radius 1 is 1.15 bits per heavy atom. The average molecular weight is 559 g/mol. The molecule has 0 saturated carbocycles. The van der Waals surface area contributed by atoms with Crippen LogP contribution in [0.15, 0.2) is 69.6 Å². The minimum Gasteiger partial charge on any atom is -0.459 e. The van der Waals surface area contributed by atoms with Gasteiger partial charge in [0.05, 0.1) is 36.8 Å². The standard InChI is InChI=1S/C32H34N2O5S/c1-19(2)24-15-25-30(32(37)34(31(25)36)16-23-6-5-13-40-23)26-18-38-28(29(24)26)11-8-20(27-7-3-4-12-33-27)14-21-9-10-22(17-35)39-21/h3-7,9-10,12-14,19,25-26,28,30,35H,8,11,15-18H2,1-2H3/b20-14-/t25-,26+,28-,30-/m1/s1. The van der Waals surface area contributed by atoms with Crippen LogP contribution in [0, 0.1) is 23.7 Å². The van der Waals surface area contributed by atoms with Crippen molar-refractivity contribution in [1.29, 1.82) is 0 Å². The first kappa shape index (κ1) is 26.9. The van der Waals surface area contributed by atoms with Crippen LogP contribution < -0.4 is 0 Å². The first-order valence-corrected chi connectivity index (χ1v) is 14.9. The van der Waals surface area contributed by atoms with Crippen molar-refractivity contribution in [2.45, 2.75) is 52.4 Å². The number of aliphatic hydroxyl groups is 1. The summed E-state index contributed by atoms with van der Waals surface area (Å²) in [4.78, 5) is 34.2. The molecule has 5 heterocycles. The highest BCUT2D eigenvalue weighted by atomic mass is 32.1. The molecule has 1 N–H and O–H groups in total. The summed E-state index contributed by atoms with van der Waals surface area (Å²) in [5.41, 5.74) is 4.38. The lowest BCUT2D eigenvalue weighted by atomic mass is 9.67. The predicted molar refractivity (Wildman–Crippen MR) is 153 cm³/mol. The lowest BCUT2D eigenvalue weighted by Gasteiger charge is -2.33. The average Bonchev–Trinajstić information content (AvgIpc) is 3.77. The Morgan fingerprint density at radius 3 is 2.73 bits per heavy atom. The Kier molecular flexibility index (Phi) is 7.57. The molecule has 0 radical (unpaired) electrons. The number of imide groups is 1. The molecule has 208 valence electrons. The van der Waals surface area contributed by atoms with E-state index in [4.69, 9.17) is 9.15 Å². The van der Waals surface area contributed by atoms with Crippen molar-refractivity contribution in [2.24, 2.45) is 23.7 Å². The molecule has 0 aromatic carbocycles. The van der Waals surface area contributed by atoms with Crippen LogP contribution in [0.2, 0.25) is 0 Å². The van der Waals surface area contributed by atoms with Gasteiger partial charge in [-0.15, -0.1) is 11.3 Å². The number of thiophene rings is 1. The van der Waals surface area contributed by atoms with Gasteiger partial charge in [-0.05, 0) is 78.1 Å². The maximum absolute atomic E-state index is 13.7. The van der Waals surface area contributed by atoms with E-state index in [1.807, 2.05) is 47.9 Å². The molecule has 2 aliphatic heterocycles. The number of hydrogen-bond donors (Lipinski definition) is 1. The summed E-state index contributed by atoms with van der Waals surface area (Å²) in [7, 11) is 0. The van der Waals surface area contributed by atoms with Crippen LogP contribution in [0.5, 0.6) is 0 Å². The van der Waals surface area contributed by atoms with Crippen LogP contribution >= 0.6 is 11.3 Å². The number of rotatable bonds is 9. The molecule has 0 bridgehead atoms. The molecule has 6 rings (SSSR count). The molecule has 40 heavy (non-hydrogen) atoms. The van der Waals surface area contributed by atoms with Gasteiger partial charge in [0.15, 0.2) is 0 Å². The fraction of sp³-hybridized carbons (Fsp3) is 0.406. The van der Waals surface area contributed by atoms with Gasteiger partial charge in [0.1, 0.15) is 18.1 Å². The van der Waals surface area contributed by atoms with Crippen molar-refractivity contribution in [3.8, 4) is 0 Å². The molecule has 3 aromatic rings. The molecule has 1 aliphatic carbocycles. The van der Waals surface area contributed by atoms with Crippen LogP contribution in [0.25, 0.3) is 11.6 Å². The van der Waals surface area contributed by atoms with E-state index in [0.29, 0.717) is 37.5 Å². The number of amides is 2. The van der Waals surface area contributed by atoms with Crippen molar-refractivity contribution in [1.82, 2.24) is 9.88 Å². The van der Waals surface area contributed by atoms with E-state index in [0.717, 1.165) is 22.6 Å². The molecule has 0 spiro atoms. The molecule has 0 unspecified atom stereocenters. The van der Waals surface area contributed by atoms with E-state index in [1.54, 1.807) is 23.6 Å². The number of pyridine rings is 1. The van der Waals surface area contributed by atoms with Gasteiger partial charge >= 0.3 is 0 Å². The Morgan fingerprint density at radius 2 is 2.02 bits per heavy atom. The van der Waals surface area contributed by atoms with E-state index in [-0.39, 0.29) is 48.2 Å². The Balaban J connectivity index is 1.26. The summed E-state index contributed by atoms with van der Waals surface area (Å²) in [6.45, 7) is 5.02. The molecule has 7 nitrogen and oxygen atoms in total. The van der Waals surface area contributed by atoms with Crippen LogP contribution in [0.4, 0.5) is 0 Å². The zero-order valence-electron chi connectivity index (χ0n) is 22.8. The summed E-state index contributed by atoms with van der Waals surface area (Å²) < 4.78 is 12.2. The molecule has 3 aliphatic rings. The third-order valence-electron chi connectivity index (χ3n) is 8.45. The normalized spacial score (nSPS) is 24.8. The number of fused-ring (bicyclic) bond motifs is 3. The van der Waals surface area contributed by atoms with E-state index in [2.05, 4.69) is 18.8 Å². The zero-order chi connectivity index (χ0) is 27.8. The van der Waals surface area contributed by atoms with Gasteiger partial charge in [0.2, 0.25) is 11.8 Å². The molecule has 3 aromatic heterocycles. The van der Waals surface area contributed by atoms with Crippen LogP contribution in [0.1, 0.15) is 55.2 Å². The van der Waals surface area contributed by atoms with E-state index in [9.17, 15) is 14.7 Å². The van der Waals surface area contributed by atoms with Crippen LogP contribution in [-0.2, 0) is 27.5 Å². The van der Waals surface area contributed by atoms with E-state index >= 15 is 0 Å². The zero-order valence-corrected chi connectivity index (χ0v) is 23.6. The Hall–Kier alpha value is -3.33. The smallest absolute Gasteiger partial charge is 0.234 e. The topological polar surface area (TPSA) is 92.9 Å². The predicted octanol–water partition coefficient (Wildman–Crippen LogP) is 5.72. The summed E-state index contributed by atoms with van der Waals surface area (Å²) in [5, 5.41) is 11.4. The number of furan rings is 1. The number of likely N-dealkylation sites (tertiary alicyclic amines) is 1. The van der Waals surface area contributed by atoms with Gasteiger partial charge < -0.3 is 14.3 Å². The molecule has 2 amide bonds. The minimum absolute atomic E-state index is 0.0369. The fourth-order valence-corrected chi connectivity index (χ4v) is 7.27. The highest BCUT2D eigenvalue weighted by molar-refractivity contribution is 7.09. The lowest BCUT2D eigenvalue weighted by molar-refractivity contribution is -0.140. The van der Waals surface area contributed by atoms with Gasteiger partial charge in [-0.2, -0.15) is 0 Å². The summed E-state index contributed by atoms with van der Waals surface area (Å²) >= 11 is 1.57. The summed E-state index contributed by atoms with van der Waals surface area (Å²) in [6, 6.07) is 13.4. The second kappa shape index (κ2) is 11.3. The monoisotopic (exact) mass is 558 g/mol. The molecule has 2 fully saturated rings. The maximum atomic E-state index is 13.7. The number of nitrogens with zero attached hydrogens (tertiary/aromatic N) is 2. The Labute approximate surface area is 238 Å². The largest absolute Gasteiger partial charge is 0.459 e. The number of hydrogen-bond acceptors (Lipinski definition) is 7. The van der Waals surface area contributed by atoms with Crippen molar-refractivity contribution in [2.75, 3.05) is 6.61 Å². The Bertz CT molecular complexity index is 1440. The summed E-state index contributed by atoms with van der Waals surface area (Å²) in [5.74, 6) is 0.646. The van der Waals surface area contributed by atoms with Crippen molar-refractivity contribution >= 4 is 34.8 Å². The molecule has 8 heteroatoms. The minimum atomic E-state index is -0.346. The molecule has 2 saturated heterocycles. The first-order valence-electron chi connectivity index (χ1n) is 14.0. The van der Waals surface area contributed by atoms with Crippen molar-refractivity contribution < 1.29 is 23.8 Å². The highest BCUT2D eigenvalue weighted by Crippen LogP contribution is 2.51. The van der Waals surface area contributed by atoms with Crippen LogP contribution in [0.3, 0.4) is 0 Å². The van der Waals surface area contributed by atoms with E-state index < -0.39 is 0 Å². The van der Waals surface area contributed by atoms with Gasteiger partial charge in [0.25, 0.3) is 0 Å². The lowest BCUT2D eigenvalue weighted by Crippen LogP contribution is -2.35. The van der Waals surface area contributed by atoms with Gasteiger partial charge in [-0.25, -0.2) is 0 Å². The molecular weight excluding hydrogens is 524 g/mol. The van der Waals surface area contributed by atoms with Crippen molar-refractivity contribution in [3.05, 3.63) is 87.3 Å². The number of carbonyl (C=O) groups is 2. The third-order valence-corrected chi connectivity index (χ3v) is 9.31. The second-order valence-corrected chi connectivity index (χ2v) is 12.2. The van der Waals surface area contributed by atoms with E-state index in [1.165, 1.54) is 16.0 Å². The van der Waals surface area contributed by atoms with Gasteiger partial charge in [-0.1, -0.05) is 31.6 Å². The van der Waals surface area contributed by atoms with Gasteiger partial charge in [-0.3, -0.25) is 19.5 Å². The summed E-state index contributed by atoms with van der Waals surface area (Å²) in [6.07, 6.45) is 5.69. The number of carbonyl (C=O) groups excluding carboxylic acids is 2. The fourth-order valence-electron chi connectivity index (χ4n) is 6.58. The first-order chi connectivity index (χ1) is 19.4. The van der Waals surface area contributed by atoms with Crippen molar-refractivity contribution in [3.63, 3.8) is 0 Å². The molecule has 4 atom stereocenters. The van der Waals surface area contributed by atoms with Gasteiger partial charge in [0, 0.05) is 17.0 Å². The second-order valence-electron chi connectivity index (χ2n) is 11.1. The molecular formula is C32H34N2O5S. The van der Waals surface area contributed by atoms with Crippen LogP contribution in [-0.4, -0.2) is 39.5 Å². The number of ether oxygens (including phenoxy) is 1. The number of aromatic nitrogens is 1. The quantitative estimate of drug-likeness (QED) is 0.267. The highest BCUT2D eigenvalue weighted by Gasteiger charge is 2.57. The maximum Gasteiger partial charge on any atom is 0.234 e. The SMILES string of the molecule is CC(C)C1=C2[C@@H](CC/C(=C/c3ccc(CO)o3)c3ccccn3)OC[C@@H]2[C@@H]2C(=O)N(Cc3cccs3)C(=O)[C@@H]2C1. The number of aliphatic hydroxyl groups excluding tert-OH is 1. The third kappa shape index (κ3) is 5.00.